The first-order valence-electron chi connectivity index (χ1n) is 9.65. The number of fused-ring (bicyclic) bond motifs is 1. The minimum absolute atomic E-state index is 0.238. The van der Waals surface area contributed by atoms with Crippen LogP contribution in [0.4, 0.5) is 0 Å². The molecule has 4 aromatic heterocycles. The fourth-order valence-electron chi connectivity index (χ4n) is 3.21. The van der Waals surface area contributed by atoms with Crippen LogP contribution in [0.1, 0.15) is 48.6 Å². The molecule has 0 fully saturated rings. The maximum absolute atomic E-state index is 13.1. The maximum Gasteiger partial charge on any atom is 0.259 e. The molecule has 0 spiro atoms. The van der Waals surface area contributed by atoms with E-state index in [1.807, 2.05) is 50.0 Å². The van der Waals surface area contributed by atoms with Gasteiger partial charge in [0.15, 0.2) is 0 Å². The minimum atomic E-state index is -0.249. The van der Waals surface area contributed by atoms with Gasteiger partial charge in [-0.05, 0) is 45.9 Å². The molecule has 9 heteroatoms. The van der Waals surface area contributed by atoms with Gasteiger partial charge >= 0.3 is 0 Å². The van der Waals surface area contributed by atoms with Gasteiger partial charge in [0.2, 0.25) is 0 Å². The molecule has 0 saturated carbocycles. The van der Waals surface area contributed by atoms with E-state index < -0.39 is 0 Å². The summed E-state index contributed by atoms with van der Waals surface area (Å²) < 4.78 is 8.98. The third kappa shape index (κ3) is 3.51. The van der Waals surface area contributed by atoms with Gasteiger partial charge in [0.1, 0.15) is 5.69 Å². The molecule has 9 nitrogen and oxygen atoms in total. The predicted molar refractivity (Wildman–Crippen MR) is 107 cm³/mol. The second-order valence-electron chi connectivity index (χ2n) is 6.85. The molecule has 4 heterocycles. The van der Waals surface area contributed by atoms with Crippen molar-refractivity contribution in [2.24, 2.45) is 0 Å². The number of aryl methyl sites for hydroxylation is 3. The van der Waals surface area contributed by atoms with Gasteiger partial charge in [-0.1, -0.05) is 5.16 Å². The summed E-state index contributed by atoms with van der Waals surface area (Å²) in [6, 6.07) is 5.26. The molecule has 4 aromatic rings. The van der Waals surface area contributed by atoms with Crippen molar-refractivity contribution in [3.8, 4) is 11.4 Å². The number of nitrogens with one attached hydrogen (secondary N) is 1. The van der Waals surface area contributed by atoms with Crippen molar-refractivity contribution in [2.75, 3.05) is 0 Å². The molecule has 29 heavy (non-hydrogen) atoms. The molecule has 0 unspecified atom stereocenters. The molecule has 0 radical (unpaired) electrons. The molecule has 0 aliphatic rings. The van der Waals surface area contributed by atoms with Crippen LogP contribution in [0.25, 0.3) is 22.5 Å². The summed E-state index contributed by atoms with van der Waals surface area (Å²) >= 11 is 0. The van der Waals surface area contributed by atoms with Crippen LogP contribution in [0.3, 0.4) is 0 Å². The number of nitrogens with zero attached hydrogens (tertiary/aromatic N) is 6. The average molecular weight is 393 g/mol. The summed E-state index contributed by atoms with van der Waals surface area (Å²) in [5.41, 5.74) is 3.43. The first kappa shape index (κ1) is 18.9. The van der Waals surface area contributed by atoms with Gasteiger partial charge in [-0.15, -0.1) is 0 Å². The van der Waals surface area contributed by atoms with E-state index in [1.54, 1.807) is 17.7 Å². The normalized spacial score (nSPS) is 12.4. The molecule has 0 aliphatic carbocycles. The highest BCUT2D eigenvalue weighted by atomic mass is 16.5. The highest BCUT2D eigenvalue weighted by Gasteiger charge is 2.22. The van der Waals surface area contributed by atoms with Crippen LogP contribution >= 0.6 is 0 Å². The van der Waals surface area contributed by atoms with Crippen LogP contribution in [-0.4, -0.2) is 35.6 Å². The highest BCUT2D eigenvalue weighted by Crippen LogP contribution is 2.27. The highest BCUT2D eigenvalue weighted by molar-refractivity contribution is 6.07. The zero-order chi connectivity index (χ0) is 20.5. The number of pyridine rings is 1. The maximum atomic E-state index is 13.1. The van der Waals surface area contributed by atoms with Gasteiger partial charge in [0.25, 0.3) is 11.6 Å². The lowest BCUT2D eigenvalue weighted by molar-refractivity contribution is 0.0940. The summed E-state index contributed by atoms with van der Waals surface area (Å²) in [5, 5.41) is 16.6. The summed E-state index contributed by atoms with van der Waals surface area (Å²) in [5.74, 6) is -0.238. The smallest absolute Gasteiger partial charge is 0.259 e. The van der Waals surface area contributed by atoms with Gasteiger partial charge in [-0.25, -0.2) is 4.98 Å². The van der Waals surface area contributed by atoms with Gasteiger partial charge in [0, 0.05) is 25.5 Å². The van der Waals surface area contributed by atoms with E-state index in [-0.39, 0.29) is 11.9 Å². The van der Waals surface area contributed by atoms with Crippen LogP contribution < -0.4 is 5.32 Å². The molecule has 4 rings (SSSR count). The van der Waals surface area contributed by atoms with E-state index in [0.717, 1.165) is 18.8 Å². The van der Waals surface area contributed by atoms with Crippen LogP contribution in [0.2, 0.25) is 0 Å². The lowest BCUT2D eigenvalue weighted by atomic mass is 10.1. The fourth-order valence-corrected chi connectivity index (χ4v) is 3.21. The third-order valence-corrected chi connectivity index (χ3v) is 4.87. The minimum Gasteiger partial charge on any atom is -0.344 e. The van der Waals surface area contributed by atoms with E-state index in [2.05, 4.69) is 25.7 Å². The molecule has 0 aromatic carbocycles. The summed E-state index contributed by atoms with van der Waals surface area (Å²) in [6.07, 6.45) is 3.77. The molecule has 1 atom stereocenters. The summed E-state index contributed by atoms with van der Waals surface area (Å²) in [7, 11) is 0. The van der Waals surface area contributed by atoms with E-state index >= 15 is 0 Å². The molecular formula is C20H23N7O2. The van der Waals surface area contributed by atoms with E-state index in [0.29, 0.717) is 33.7 Å². The van der Waals surface area contributed by atoms with Crippen LogP contribution in [0.5, 0.6) is 0 Å². The van der Waals surface area contributed by atoms with Gasteiger partial charge in [-0.3, -0.25) is 14.2 Å². The Balaban J connectivity index is 1.70. The van der Waals surface area contributed by atoms with Crippen LogP contribution in [0, 0.1) is 6.92 Å². The first-order chi connectivity index (χ1) is 14.0. The Morgan fingerprint density at radius 2 is 1.86 bits per heavy atom. The van der Waals surface area contributed by atoms with E-state index in [9.17, 15) is 4.79 Å². The van der Waals surface area contributed by atoms with Crippen molar-refractivity contribution < 1.29 is 9.32 Å². The number of carbonyl (C=O) groups excluding carboxylic acids is 1. The Bertz CT molecular complexity index is 1170. The second kappa shape index (κ2) is 7.50. The van der Waals surface area contributed by atoms with Crippen molar-refractivity contribution in [3.63, 3.8) is 0 Å². The third-order valence-electron chi connectivity index (χ3n) is 4.87. The summed E-state index contributed by atoms with van der Waals surface area (Å²) in [4.78, 5) is 17.7. The number of rotatable bonds is 6. The van der Waals surface area contributed by atoms with Crippen LogP contribution in [-0.2, 0) is 13.1 Å². The van der Waals surface area contributed by atoms with Crippen molar-refractivity contribution >= 4 is 17.0 Å². The first-order valence-corrected chi connectivity index (χ1v) is 9.65. The fraction of sp³-hybridized carbons (Fsp3) is 0.350. The zero-order valence-electron chi connectivity index (χ0n) is 16.9. The quantitative estimate of drug-likeness (QED) is 0.540. The molecule has 1 amide bonds. The Hall–Kier alpha value is -3.49. The van der Waals surface area contributed by atoms with E-state index in [1.165, 1.54) is 0 Å². The van der Waals surface area contributed by atoms with Gasteiger partial charge < -0.3 is 9.84 Å². The Morgan fingerprint density at radius 3 is 2.55 bits per heavy atom. The number of hydrogen-bond acceptors (Lipinski definition) is 6. The van der Waals surface area contributed by atoms with Gasteiger partial charge in [-0.2, -0.15) is 10.2 Å². The van der Waals surface area contributed by atoms with Crippen molar-refractivity contribution in [1.29, 1.82) is 0 Å². The average Bonchev–Trinajstić information content (AvgIpc) is 3.47. The Morgan fingerprint density at radius 1 is 1.14 bits per heavy atom. The van der Waals surface area contributed by atoms with Crippen molar-refractivity contribution in [1.82, 2.24) is 35.0 Å². The number of amides is 1. The second-order valence-corrected chi connectivity index (χ2v) is 6.85. The number of aromatic nitrogens is 6. The largest absolute Gasteiger partial charge is 0.344 e. The molecule has 0 aliphatic heterocycles. The molecular weight excluding hydrogens is 370 g/mol. The predicted octanol–water partition coefficient (Wildman–Crippen LogP) is 3.12. The number of hydrogen-bond donors (Lipinski definition) is 1. The molecule has 150 valence electrons. The Kier molecular flexibility index (Phi) is 4.87. The Labute approximate surface area is 167 Å². The zero-order valence-corrected chi connectivity index (χ0v) is 16.9. The topological polar surface area (TPSA) is 104 Å². The lowest BCUT2D eigenvalue weighted by Gasteiger charge is -2.12. The SMILES string of the molecule is CCn1ccc(-c2cc(C(=O)N[C@H](C)c3ccn(CC)n3)c3c(C)noc3n2)n1. The van der Waals surface area contributed by atoms with Gasteiger partial charge in [0.05, 0.1) is 34.1 Å². The molecule has 0 saturated heterocycles. The lowest BCUT2D eigenvalue weighted by Crippen LogP contribution is -2.27. The molecule has 0 bridgehead atoms. The van der Waals surface area contributed by atoms with Crippen LogP contribution in [0.15, 0.2) is 35.1 Å². The van der Waals surface area contributed by atoms with Crippen molar-refractivity contribution in [2.45, 2.75) is 46.8 Å². The monoisotopic (exact) mass is 393 g/mol. The van der Waals surface area contributed by atoms with Crippen molar-refractivity contribution in [3.05, 3.63) is 47.5 Å². The summed E-state index contributed by atoms with van der Waals surface area (Å²) in [6.45, 7) is 9.25. The standard InChI is InChI=1S/C20H23N7O2/c1-5-26-9-7-15(23-26)12(3)21-19(28)14-11-17(16-8-10-27(6-2)24-16)22-20-18(14)13(4)25-29-20/h7-12H,5-6H2,1-4H3,(H,21,28)/t12-/m1/s1. The van der Waals surface area contributed by atoms with E-state index in [4.69, 9.17) is 4.52 Å². The number of carbonyl (C=O) groups is 1. The molecule has 1 N–H and O–H groups in total.